The van der Waals surface area contributed by atoms with E-state index in [0.717, 1.165) is 38.4 Å². The third kappa shape index (κ3) is 4.21. The van der Waals surface area contributed by atoms with E-state index in [2.05, 4.69) is 75.5 Å². The van der Waals surface area contributed by atoms with Crippen LogP contribution in [0.25, 0.3) is 0 Å². The van der Waals surface area contributed by atoms with Crippen molar-refractivity contribution in [2.24, 2.45) is 0 Å². The van der Waals surface area contributed by atoms with Gasteiger partial charge in [0.1, 0.15) is 0 Å². The van der Waals surface area contributed by atoms with Crippen LogP contribution in [0.3, 0.4) is 0 Å². The van der Waals surface area contributed by atoms with Crippen molar-refractivity contribution in [2.45, 2.75) is 25.0 Å². The summed E-state index contributed by atoms with van der Waals surface area (Å²) < 4.78 is 6.13. The van der Waals surface area contributed by atoms with Crippen molar-refractivity contribution in [1.82, 2.24) is 14.9 Å². The number of hydrogen-bond donors (Lipinski definition) is 1. The van der Waals surface area contributed by atoms with Crippen LogP contribution in [0.4, 0.5) is 0 Å². The Kier molecular flexibility index (Phi) is 5.43. The molecule has 3 aromatic rings. The van der Waals surface area contributed by atoms with Gasteiger partial charge in [-0.05, 0) is 17.5 Å². The minimum absolute atomic E-state index is 0.233. The van der Waals surface area contributed by atoms with E-state index >= 15 is 0 Å². The summed E-state index contributed by atoms with van der Waals surface area (Å²) in [7, 11) is 0. The second-order valence-electron chi connectivity index (χ2n) is 6.91. The van der Waals surface area contributed by atoms with Crippen LogP contribution in [-0.2, 0) is 11.3 Å². The molecule has 0 amide bonds. The number of hydrogen-bond acceptors (Lipinski definition) is 3. The molecule has 1 aromatic heterocycles. The van der Waals surface area contributed by atoms with Crippen LogP contribution in [0.5, 0.6) is 0 Å². The van der Waals surface area contributed by atoms with Gasteiger partial charge < -0.3 is 9.72 Å². The van der Waals surface area contributed by atoms with Gasteiger partial charge in [0.25, 0.3) is 0 Å². The molecular weight excluding hydrogens is 322 g/mol. The van der Waals surface area contributed by atoms with Crippen LogP contribution in [0, 0.1) is 0 Å². The van der Waals surface area contributed by atoms with E-state index in [1.54, 1.807) is 6.33 Å². The fourth-order valence-corrected chi connectivity index (χ4v) is 3.78. The molecule has 1 saturated heterocycles. The van der Waals surface area contributed by atoms with Gasteiger partial charge in [-0.2, -0.15) is 0 Å². The Bertz CT molecular complexity index is 734. The molecule has 0 saturated carbocycles. The molecule has 0 bridgehead atoms. The molecule has 2 heterocycles. The number of aromatic nitrogens is 2. The van der Waals surface area contributed by atoms with Gasteiger partial charge in [0.15, 0.2) is 0 Å². The maximum atomic E-state index is 6.13. The number of imidazole rings is 1. The second kappa shape index (κ2) is 8.30. The lowest BCUT2D eigenvalue weighted by atomic mass is 9.86. The van der Waals surface area contributed by atoms with E-state index in [9.17, 15) is 0 Å². The first-order valence-corrected chi connectivity index (χ1v) is 9.29. The van der Waals surface area contributed by atoms with Gasteiger partial charge in [0, 0.05) is 37.4 Å². The lowest BCUT2D eigenvalue weighted by molar-refractivity contribution is -0.0367. The van der Waals surface area contributed by atoms with Gasteiger partial charge in [-0.25, -0.2) is 4.98 Å². The first kappa shape index (κ1) is 17.0. The topological polar surface area (TPSA) is 41.2 Å². The summed E-state index contributed by atoms with van der Waals surface area (Å²) in [5.41, 5.74) is 3.87. The number of ether oxygens (including phenoxy) is 1. The molecule has 1 aliphatic rings. The van der Waals surface area contributed by atoms with Crippen LogP contribution in [0.15, 0.2) is 73.2 Å². The molecule has 2 aromatic carbocycles. The Balaban J connectivity index is 1.48. The van der Waals surface area contributed by atoms with Crippen molar-refractivity contribution in [3.8, 4) is 0 Å². The first-order valence-electron chi connectivity index (χ1n) is 9.29. The van der Waals surface area contributed by atoms with E-state index < -0.39 is 0 Å². The number of morpholine rings is 1. The predicted molar refractivity (Wildman–Crippen MR) is 103 cm³/mol. The molecule has 0 spiro atoms. The van der Waals surface area contributed by atoms with Crippen molar-refractivity contribution < 1.29 is 4.74 Å². The average Bonchev–Trinajstić information content (AvgIpc) is 3.21. The van der Waals surface area contributed by atoms with Gasteiger partial charge in [0.2, 0.25) is 0 Å². The van der Waals surface area contributed by atoms with E-state index in [-0.39, 0.29) is 6.10 Å². The molecular formula is C22H25N3O. The van der Waals surface area contributed by atoms with Crippen LogP contribution in [0.2, 0.25) is 0 Å². The molecule has 4 rings (SSSR count). The zero-order chi connectivity index (χ0) is 17.6. The first-order chi connectivity index (χ1) is 12.9. The van der Waals surface area contributed by atoms with Gasteiger partial charge in [-0.1, -0.05) is 60.7 Å². The smallest absolute Gasteiger partial charge is 0.0922 e. The van der Waals surface area contributed by atoms with Crippen molar-refractivity contribution in [2.75, 3.05) is 19.7 Å². The van der Waals surface area contributed by atoms with Crippen molar-refractivity contribution in [3.05, 3.63) is 90.0 Å². The standard InChI is InChI=1S/C22H25N3O/c1-3-7-18(8-4-1)22(19-9-5-2-6-10-19)13-21-16-25(11-12-26-21)15-20-14-23-17-24-20/h1-10,14,17,21-22H,11-13,15-16H2,(H,23,24)/t21-/m1/s1. The average molecular weight is 347 g/mol. The Morgan fingerprint density at radius 1 is 1.04 bits per heavy atom. The van der Waals surface area contributed by atoms with E-state index in [1.165, 1.54) is 11.1 Å². The fraction of sp³-hybridized carbons (Fsp3) is 0.318. The fourth-order valence-electron chi connectivity index (χ4n) is 3.78. The van der Waals surface area contributed by atoms with E-state index in [1.807, 2.05) is 6.20 Å². The summed E-state index contributed by atoms with van der Waals surface area (Å²) in [5.74, 6) is 0.356. The SMILES string of the molecule is c1ccc(C(C[C@@H]2CN(Cc3cnc[nH]3)CCO2)c2ccccc2)cc1. The molecule has 0 unspecified atom stereocenters. The summed E-state index contributed by atoms with van der Waals surface area (Å²) in [5, 5.41) is 0. The predicted octanol–water partition coefficient (Wildman–Crippen LogP) is 3.83. The minimum atomic E-state index is 0.233. The van der Waals surface area contributed by atoms with Gasteiger partial charge in [0.05, 0.1) is 19.0 Å². The molecule has 1 atom stereocenters. The van der Waals surface area contributed by atoms with Crippen LogP contribution in [0.1, 0.15) is 29.2 Å². The summed E-state index contributed by atoms with van der Waals surface area (Å²) >= 11 is 0. The zero-order valence-electron chi connectivity index (χ0n) is 14.9. The largest absolute Gasteiger partial charge is 0.376 e. The number of nitrogens with zero attached hydrogens (tertiary/aromatic N) is 2. The Morgan fingerprint density at radius 2 is 1.73 bits per heavy atom. The molecule has 0 radical (unpaired) electrons. The van der Waals surface area contributed by atoms with Crippen LogP contribution < -0.4 is 0 Å². The van der Waals surface area contributed by atoms with E-state index in [0.29, 0.717) is 5.92 Å². The highest BCUT2D eigenvalue weighted by molar-refractivity contribution is 5.32. The number of aromatic amines is 1. The summed E-state index contributed by atoms with van der Waals surface area (Å²) in [6, 6.07) is 21.5. The summed E-state index contributed by atoms with van der Waals surface area (Å²) in [6.07, 6.45) is 4.88. The normalized spacial score (nSPS) is 18.3. The highest BCUT2D eigenvalue weighted by atomic mass is 16.5. The number of benzene rings is 2. The number of rotatable bonds is 6. The Labute approximate surface area is 154 Å². The molecule has 26 heavy (non-hydrogen) atoms. The van der Waals surface area contributed by atoms with Crippen molar-refractivity contribution in [1.29, 1.82) is 0 Å². The molecule has 4 nitrogen and oxygen atoms in total. The molecule has 0 aliphatic carbocycles. The minimum Gasteiger partial charge on any atom is -0.376 e. The van der Waals surface area contributed by atoms with Crippen LogP contribution in [-0.4, -0.2) is 40.7 Å². The van der Waals surface area contributed by atoms with Crippen molar-refractivity contribution >= 4 is 0 Å². The number of H-pyrrole nitrogens is 1. The van der Waals surface area contributed by atoms with Gasteiger partial charge in [-0.3, -0.25) is 4.90 Å². The lowest BCUT2D eigenvalue weighted by Gasteiger charge is -2.34. The zero-order valence-corrected chi connectivity index (χ0v) is 14.9. The molecule has 4 heteroatoms. The van der Waals surface area contributed by atoms with Crippen molar-refractivity contribution in [3.63, 3.8) is 0 Å². The Hall–Kier alpha value is -2.43. The summed E-state index contributed by atoms with van der Waals surface area (Å²) in [4.78, 5) is 9.77. The Morgan fingerprint density at radius 3 is 2.35 bits per heavy atom. The molecule has 1 fully saturated rings. The van der Waals surface area contributed by atoms with E-state index in [4.69, 9.17) is 4.74 Å². The lowest BCUT2D eigenvalue weighted by Crippen LogP contribution is -2.42. The van der Waals surface area contributed by atoms with Gasteiger partial charge >= 0.3 is 0 Å². The quantitative estimate of drug-likeness (QED) is 0.737. The number of nitrogens with one attached hydrogen (secondary N) is 1. The monoisotopic (exact) mass is 347 g/mol. The highest BCUT2D eigenvalue weighted by Gasteiger charge is 2.25. The molecule has 1 aliphatic heterocycles. The highest BCUT2D eigenvalue weighted by Crippen LogP contribution is 2.31. The summed E-state index contributed by atoms with van der Waals surface area (Å²) in [6.45, 7) is 3.61. The third-order valence-corrected chi connectivity index (χ3v) is 5.07. The third-order valence-electron chi connectivity index (χ3n) is 5.07. The van der Waals surface area contributed by atoms with Gasteiger partial charge in [-0.15, -0.1) is 0 Å². The maximum Gasteiger partial charge on any atom is 0.0922 e. The molecule has 1 N–H and O–H groups in total. The molecule has 134 valence electrons. The maximum absolute atomic E-state index is 6.13. The second-order valence-corrected chi connectivity index (χ2v) is 6.91. The van der Waals surface area contributed by atoms with Crippen LogP contribution >= 0.6 is 0 Å².